The summed E-state index contributed by atoms with van der Waals surface area (Å²) >= 11 is 5.68. The minimum atomic E-state index is -4.30. The number of nitrogens with zero attached hydrogens (tertiary/aromatic N) is 1. The largest absolute Gasteiger partial charge is 0.486 e. The van der Waals surface area contributed by atoms with Crippen LogP contribution >= 0.6 is 22.3 Å². The van der Waals surface area contributed by atoms with Crippen LogP contribution in [0.2, 0.25) is 5.02 Å². The third kappa shape index (κ3) is 2.18. The van der Waals surface area contributed by atoms with Gasteiger partial charge in [-0.15, -0.1) is 0 Å². The van der Waals surface area contributed by atoms with Crippen LogP contribution in [0.1, 0.15) is 0 Å². The van der Waals surface area contributed by atoms with Crippen LogP contribution in [0.3, 0.4) is 0 Å². The van der Waals surface area contributed by atoms with Crippen LogP contribution in [0.25, 0.3) is 0 Å². The van der Waals surface area contributed by atoms with Gasteiger partial charge in [0, 0.05) is 10.7 Å². The Morgan fingerprint density at radius 3 is 2.50 bits per heavy atom. The molecule has 0 amide bonds. The number of fused-ring (bicyclic) bond motifs is 1. The van der Waals surface area contributed by atoms with E-state index in [2.05, 4.69) is 0 Å². The molecule has 1 heterocycles. The lowest BCUT2D eigenvalue weighted by Gasteiger charge is -2.20. The predicted molar refractivity (Wildman–Crippen MR) is 62.1 cm³/mol. The number of hydrogen-bond acceptors (Lipinski definition) is 6. The molecule has 1 aliphatic rings. The normalized spacial score (nSPS) is 14.3. The smallest absolute Gasteiger partial charge is 0.293 e. The molecule has 0 N–H and O–H groups in total. The molecule has 0 aromatic heterocycles. The zero-order valence-corrected chi connectivity index (χ0v) is 10.9. The molecule has 10 heteroatoms. The van der Waals surface area contributed by atoms with Crippen molar-refractivity contribution in [2.45, 2.75) is 4.90 Å². The van der Waals surface area contributed by atoms with E-state index in [-0.39, 0.29) is 24.7 Å². The van der Waals surface area contributed by atoms with Gasteiger partial charge in [-0.05, 0) is 0 Å². The Kier molecular flexibility index (Phi) is 3.26. The SMILES string of the molecule is O=[N+]([O-])c1cc2c(c(S(=O)(=O)Cl)c1Cl)OCCO2. The molecule has 1 aliphatic heterocycles. The molecule has 0 aliphatic carbocycles. The number of nitro groups is 1. The van der Waals surface area contributed by atoms with Gasteiger partial charge < -0.3 is 9.47 Å². The van der Waals surface area contributed by atoms with Gasteiger partial charge in [0.2, 0.25) is 0 Å². The third-order valence-corrected chi connectivity index (χ3v) is 3.98. The quantitative estimate of drug-likeness (QED) is 0.470. The summed E-state index contributed by atoms with van der Waals surface area (Å²) in [5.74, 6) is -0.275. The summed E-state index contributed by atoms with van der Waals surface area (Å²) in [4.78, 5) is 9.30. The van der Waals surface area contributed by atoms with E-state index in [0.29, 0.717) is 0 Å². The number of halogens is 2. The Morgan fingerprint density at radius 1 is 1.33 bits per heavy atom. The van der Waals surface area contributed by atoms with Gasteiger partial charge in [0.05, 0.1) is 11.0 Å². The molecular formula is C8H5Cl2NO6S. The van der Waals surface area contributed by atoms with E-state index in [1.807, 2.05) is 0 Å². The van der Waals surface area contributed by atoms with Crippen molar-refractivity contribution in [1.29, 1.82) is 0 Å². The molecule has 0 atom stereocenters. The second kappa shape index (κ2) is 4.45. The van der Waals surface area contributed by atoms with E-state index in [4.69, 9.17) is 31.8 Å². The molecule has 98 valence electrons. The lowest BCUT2D eigenvalue weighted by atomic mass is 10.2. The average molecular weight is 314 g/mol. The van der Waals surface area contributed by atoms with E-state index < -0.39 is 29.6 Å². The first kappa shape index (κ1) is 13.2. The minimum absolute atomic E-state index is 0.0726. The van der Waals surface area contributed by atoms with Gasteiger partial charge in [-0.2, -0.15) is 0 Å². The maximum atomic E-state index is 11.4. The molecule has 0 unspecified atom stereocenters. The number of hydrogen-bond donors (Lipinski definition) is 0. The molecule has 0 spiro atoms. The van der Waals surface area contributed by atoms with Gasteiger partial charge in [0.1, 0.15) is 18.2 Å². The van der Waals surface area contributed by atoms with Gasteiger partial charge in [0.15, 0.2) is 16.4 Å². The van der Waals surface area contributed by atoms with Crippen molar-refractivity contribution in [3.05, 3.63) is 21.2 Å². The Hall–Kier alpha value is -1.25. The van der Waals surface area contributed by atoms with E-state index >= 15 is 0 Å². The third-order valence-electron chi connectivity index (χ3n) is 2.15. The van der Waals surface area contributed by atoms with Gasteiger partial charge in [0.25, 0.3) is 14.7 Å². The summed E-state index contributed by atoms with van der Waals surface area (Å²) < 4.78 is 33.0. The molecule has 18 heavy (non-hydrogen) atoms. The standard InChI is InChI=1S/C8H5Cl2NO6S/c9-6-4(11(12)13)3-5-7(17-2-1-16-5)8(6)18(10,14)15/h3H,1-2H2. The summed E-state index contributed by atoms with van der Waals surface area (Å²) in [5.41, 5.74) is -0.611. The molecule has 2 rings (SSSR count). The van der Waals surface area contributed by atoms with E-state index in [9.17, 15) is 18.5 Å². The lowest BCUT2D eigenvalue weighted by molar-refractivity contribution is -0.385. The molecule has 1 aromatic rings. The fourth-order valence-corrected chi connectivity index (χ4v) is 3.24. The first-order valence-corrected chi connectivity index (χ1v) is 7.22. The number of ether oxygens (including phenoxy) is 2. The Balaban J connectivity index is 2.84. The van der Waals surface area contributed by atoms with Crippen LogP contribution in [-0.4, -0.2) is 26.6 Å². The minimum Gasteiger partial charge on any atom is -0.486 e. The average Bonchev–Trinajstić information content (AvgIpc) is 2.25. The summed E-state index contributed by atoms with van der Waals surface area (Å²) in [6.45, 7) is 0.244. The first-order chi connectivity index (χ1) is 8.32. The summed E-state index contributed by atoms with van der Waals surface area (Å²) in [7, 11) is 0.907. The molecule has 1 aromatic carbocycles. The lowest BCUT2D eigenvalue weighted by Crippen LogP contribution is -2.17. The van der Waals surface area contributed by atoms with Gasteiger partial charge in [-0.25, -0.2) is 8.42 Å². The summed E-state index contributed by atoms with van der Waals surface area (Å²) in [6, 6.07) is 1.00. The molecule has 0 fully saturated rings. The molecular weight excluding hydrogens is 309 g/mol. The summed E-state index contributed by atoms with van der Waals surface area (Å²) in [6.07, 6.45) is 0. The van der Waals surface area contributed by atoms with Crippen molar-refractivity contribution in [2.24, 2.45) is 0 Å². The Morgan fingerprint density at radius 2 is 1.94 bits per heavy atom. The van der Waals surface area contributed by atoms with Crippen LogP contribution in [0, 0.1) is 10.1 Å². The Labute approximate surface area is 111 Å². The highest BCUT2D eigenvalue weighted by Crippen LogP contribution is 2.47. The topological polar surface area (TPSA) is 95.7 Å². The number of rotatable bonds is 2. The van der Waals surface area contributed by atoms with Gasteiger partial charge in [-0.1, -0.05) is 11.6 Å². The first-order valence-electron chi connectivity index (χ1n) is 4.53. The predicted octanol–water partition coefficient (Wildman–Crippen LogP) is 1.95. The highest BCUT2D eigenvalue weighted by atomic mass is 35.7. The van der Waals surface area contributed by atoms with E-state index in [0.717, 1.165) is 6.07 Å². The van der Waals surface area contributed by atoms with Crippen molar-refractivity contribution < 1.29 is 22.8 Å². The fourth-order valence-electron chi connectivity index (χ4n) is 1.47. The van der Waals surface area contributed by atoms with Crippen LogP contribution in [0.5, 0.6) is 11.5 Å². The maximum absolute atomic E-state index is 11.4. The van der Waals surface area contributed by atoms with Crippen LogP contribution in [0.4, 0.5) is 5.69 Å². The number of nitro benzene ring substituents is 1. The van der Waals surface area contributed by atoms with E-state index in [1.54, 1.807) is 0 Å². The highest BCUT2D eigenvalue weighted by molar-refractivity contribution is 8.14. The zero-order chi connectivity index (χ0) is 13.5. The van der Waals surface area contributed by atoms with E-state index in [1.165, 1.54) is 0 Å². The summed E-state index contributed by atoms with van der Waals surface area (Å²) in [5, 5.41) is 10.2. The molecule has 0 saturated heterocycles. The van der Waals surface area contributed by atoms with Gasteiger partial charge >= 0.3 is 0 Å². The second-order valence-electron chi connectivity index (χ2n) is 3.26. The molecule has 0 bridgehead atoms. The Bertz CT molecular complexity index is 629. The molecule has 0 saturated carbocycles. The van der Waals surface area contributed by atoms with Crippen molar-refractivity contribution >= 4 is 37.0 Å². The van der Waals surface area contributed by atoms with Crippen LogP contribution in [0.15, 0.2) is 11.0 Å². The van der Waals surface area contributed by atoms with Crippen molar-refractivity contribution in [1.82, 2.24) is 0 Å². The van der Waals surface area contributed by atoms with Crippen LogP contribution in [-0.2, 0) is 9.05 Å². The molecule has 7 nitrogen and oxygen atoms in total. The van der Waals surface area contributed by atoms with Gasteiger partial charge in [-0.3, -0.25) is 10.1 Å². The number of benzene rings is 1. The van der Waals surface area contributed by atoms with Crippen molar-refractivity contribution in [2.75, 3.05) is 13.2 Å². The monoisotopic (exact) mass is 313 g/mol. The highest BCUT2D eigenvalue weighted by Gasteiger charge is 2.33. The fraction of sp³-hybridized carbons (Fsp3) is 0.250. The second-order valence-corrected chi connectivity index (χ2v) is 6.14. The zero-order valence-electron chi connectivity index (χ0n) is 8.55. The maximum Gasteiger partial charge on any atom is 0.293 e. The van der Waals surface area contributed by atoms with Crippen molar-refractivity contribution in [3.63, 3.8) is 0 Å². The van der Waals surface area contributed by atoms with Crippen LogP contribution < -0.4 is 9.47 Å². The molecule has 0 radical (unpaired) electrons. The van der Waals surface area contributed by atoms with Crippen molar-refractivity contribution in [3.8, 4) is 11.5 Å².